The average Bonchev–Trinajstić information content (AvgIpc) is 2.82. The van der Waals surface area contributed by atoms with E-state index in [2.05, 4.69) is 35.3 Å². The van der Waals surface area contributed by atoms with Gasteiger partial charge in [0, 0.05) is 12.5 Å². The van der Waals surface area contributed by atoms with Gasteiger partial charge >= 0.3 is 0 Å². The number of nitrogens with zero attached hydrogens (tertiary/aromatic N) is 3. The summed E-state index contributed by atoms with van der Waals surface area (Å²) in [6.45, 7) is 7.21. The first-order valence-electron chi connectivity index (χ1n) is 5.40. The Balaban J connectivity index is 2.48. The van der Waals surface area contributed by atoms with Gasteiger partial charge in [0.15, 0.2) is 0 Å². The standard InChI is InChI=1S/C11H16N4S/c1-4-15-6-13-5-8(15)9-10(12)16-11(14-9)7(2)3/h5-7H,4,12H2,1-3H3. The first-order valence-corrected chi connectivity index (χ1v) is 6.21. The molecule has 0 unspecified atom stereocenters. The monoisotopic (exact) mass is 236 g/mol. The van der Waals surface area contributed by atoms with Crippen LogP contribution in [0.5, 0.6) is 0 Å². The molecule has 0 spiro atoms. The van der Waals surface area contributed by atoms with E-state index in [1.165, 1.54) is 0 Å². The molecule has 2 aromatic rings. The Kier molecular flexibility index (Phi) is 2.96. The van der Waals surface area contributed by atoms with E-state index in [4.69, 9.17) is 5.73 Å². The molecule has 4 nitrogen and oxygen atoms in total. The molecule has 86 valence electrons. The van der Waals surface area contributed by atoms with E-state index < -0.39 is 0 Å². The number of hydrogen-bond donors (Lipinski definition) is 1. The summed E-state index contributed by atoms with van der Waals surface area (Å²) < 4.78 is 2.05. The smallest absolute Gasteiger partial charge is 0.123 e. The first-order chi connectivity index (χ1) is 7.63. The maximum Gasteiger partial charge on any atom is 0.123 e. The summed E-state index contributed by atoms with van der Waals surface area (Å²) in [5, 5.41) is 1.86. The molecule has 2 N–H and O–H groups in total. The molecule has 5 heteroatoms. The Morgan fingerprint density at radius 1 is 1.50 bits per heavy atom. The summed E-state index contributed by atoms with van der Waals surface area (Å²) in [5.41, 5.74) is 7.88. The van der Waals surface area contributed by atoms with Gasteiger partial charge in [-0.05, 0) is 6.92 Å². The number of rotatable bonds is 3. The van der Waals surface area contributed by atoms with Crippen molar-refractivity contribution in [3.63, 3.8) is 0 Å². The van der Waals surface area contributed by atoms with Crippen LogP contribution in [0.15, 0.2) is 12.5 Å². The maximum atomic E-state index is 6.01. The van der Waals surface area contributed by atoms with E-state index in [-0.39, 0.29) is 0 Å². The van der Waals surface area contributed by atoms with Gasteiger partial charge in [-0.3, -0.25) is 0 Å². The summed E-state index contributed by atoms with van der Waals surface area (Å²) >= 11 is 1.57. The third-order valence-electron chi connectivity index (χ3n) is 2.46. The molecule has 0 saturated carbocycles. The molecule has 2 rings (SSSR count). The van der Waals surface area contributed by atoms with Gasteiger partial charge in [-0.25, -0.2) is 9.97 Å². The lowest BCUT2D eigenvalue weighted by molar-refractivity contribution is 0.766. The van der Waals surface area contributed by atoms with E-state index in [9.17, 15) is 0 Å². The predicted octanol–water partition coefficient (Wildman–Crippen LogP) is 2.73. The predicted molar refractivity (Wildman–Crippen MR) is 67.5 cm³/mol. The largest absolute Gasteiger partial charge is 0.389 e. The van der Waals surface area contributed by atoms with Crippen LogP contribution >= 0.6 is 11.3 Å². The van der Waals surface area contributed by atoms with E-state index in [0.29, 0.717) is 5.92 Å². The minimum absolute atomic E-state index is 0.416. The minimum atomic E-state index is 0.416. The van der Waals surface area contributed by atoms with Crippen LogP contribution < -0.4 is 5.73 Å². The third-order valence-corrected chi connectivity index (χ3v) is 3.64. The highest BCUT2D eigenvalue weighted by molar-refractivity contribution is 7.16. The molecule has 0 amide bonds. The average molecular weight is 236 g/mol. The van der Waals surface area contributed by atoms with Crippen molar-refractivity contribution < 1.29 is 0 Å². The third kappa shape index (κ3) is 1.82. The number of nitrogens with two attached hydrogens (primary N) is 1. The Morgan fingerprint density at radius 2 is 2.25 bits per heavy atom. The second kappa shape index (κ2) is 4.25. The van der Waals surface area contributed by atoms with Gasteiger partial charge < -0.3 is 10.3 Å². The highest BCUT2D eigenvalue weighted by Gasteiger charge is 2.15. The molecular formula is C11H16N4S. The van der Waals surface area contributed by atoms with Crippen molar-refractivity contribution in [3.8, 4) is 11.4 Å². The van der Waals surface area contributed by atoms with Gasteiger partial charge in [-0.1, -0.05) is 13.8 Å². The molecule has 0 aromatic carbocycles. The summed E-state index contributed by atoms with van der Waals surface area (Å²) in [4.78, 5) is 8.73. The van der Waals surface area contributed by atoms with Gasteiger partial charge in [0.1, 0.15) is 10.7 Å². The highest BCUT2D eigenvalue weighted by atomic mass is 32.1. The van der Waals surface area contributed by atoms with Gasteiger partial charge in [-0.2, -0.15) is 0 Å². The van der Waals surface area contributed by atoms with Crippen molar-refractivity contribution in [1.82, 2.24) is 14.5 Å². The summed E-state index contributed by atoms with van der Waals surface area (Å²) in [6.07, 6.45) is 3.63. The summed E-state index contributed by atoms with van der Waals surface area (Å²) in [5.74, 6) is 0.416. The van der Waals surface area contributed by atoms with Crippen LogP contribution in [-0.4, -0.2) is 14.5 Å². The molecule has 0 fully saturated rings. The van der Waals surface area contributed by atoms with Gasteiger partial charge in [-0.15, -0.1) is 11.3 Å². The fourth-order valence-corrected chi connectivity index (χ4v) is 2.39. The SMILES string of the molecule is CCn1cncc1-c1nc(C(C)C)sc1N. The second-order valence-corrected chi connectivity index (χ2v) is 5.05. The number of aryl methyl sites for hydroxylation is 1. The number of anilines is 1. The molecule has 0 saturated heterocycles. The van der Waals surface area contributed by atoms with Crippen molar-refractivity contribution in [2.75, 3.05) is 5.73 Å². The van der Waals surface area contributed by atoms with Crippen LogP contribution in [0.1, 0.15) is 31.7 Å². The van der Waals surface area contributed by atoms with E-state index >= 15 is 0 Å². The Bertz CT molecular complexity index is 484. The topological polar surface area (TPSA) is 56.7 Å². The van der Waals surface area contributed by atoms with E-state index in [1.807, 2.05) is 12.5 Å². The fraction of sp³-hybridized carbons (Fsp3) is 0.455. The zero-order chi connectivity index (χ0) is 11.7. The number of nitrogen functional groups attached to an aromatic ring is 1. The van der Waals surface area contributed by atoms with Crippen molar-refractivity contribution >= 4 is 16.3 Å². The van der Waals surface area contributed by atoms with E-state index in [1.54, 1.807) is 11.3 Å². The summed E-state index contributed by atoms with van der Waals surface area (Å²) in [6, 6.07) is 0. The molecule has 0 bridgehead atoms. The van der Waals surface area contributed by atoms with Crippen molar-refractivity contribution in [1.29, 1.82) is 0 Å². The lowest BCUT2D eigenvalue weighted by atomic mass is 10.2. The van der Waals surface area contributed by atoms with Crippen molar-refractivity contribution in [2.45, 2.75) is 33.2 Å². The lowest BCUT2D eigenvalue weighted by Crippen LogP contribution is -1.97. The number of imidazole rings is 1. The van der Waals surface area contributed by atoms with Gasteiger partial charge in [0.25, 0.3) is 0 Å². The molecule has 2 aromatic heterocycles. The fourth-order valence-electron chi connectivity index (χ4n) is 1.55. The van der Waals surface area contributed by atoms with Crippen LogP contribution in [-0.2, 0) is 6.54 Å². The minimum Gasteiger partial charge on any atom is -0.389 e. The molecule has 0 atom stereocenters. The van der Waals surface area contributed by atoms with Gasteiger partial charge in [0.2, 0.25) is 0 Å². The normalized spacial score (nSPS) is 11.2. The first kappa shape index (κ1) is 11.1. The lowest BCUT2D eigenvalue weighted by Gasteiger charge is -2.02. The summed E-state index contributed by atoms with van der Waals surface area (Å²) in [7, 11) is 0. The number of aromatic nitrogens is 3. The molecule has 16 heavy (non-hydrogen) atoms. The quantitative estimate of drug-likeness (QED) is 0.891. The Morgan fingerprint density at radius 3 is 2.81 bits per heavy atom. The molecule has 0 radical (unpaired) electrons. The van der Waals surface area contributed by atoms with E-state index in [0.717, 1.165) is 27.9 Å². The Hall–Kier alpha value is -1.36. The molecule has 0 aliphatic rings. The highest BCUT2D eigenvalue weighted by Crippen LogP contribution is 2.33. The molecule has 0 aliphatic heterocycles. The second-order valence-electron chi connectivity index (χ2n) is 3.98. The number of hydrogen-bond acceptors (Lipinski definition) is 4. The van der Waals surface area contributed by atoms with Crippen LogP contribution in [0.25, 0.3) is 11.4 Å². The molecule has 0 aliphatic carbocycles. The number of thiazole rings is 1. The zero-order valence-corrected chi connectivity index (χ0v) is 10.6. The van der Waals surface area contributed by atoms with Crippen LogP contribution in [0.2, 0.25) is 0 Å². The van der Waals surface area contributed by atoms with Crippen molar-refractivity contribution in [3.05, 3.63) is 17.5 Å². The Labute approximate surface area is 99.2 Å². The van der Waals surface area contributed by atoms with Gasteiger partial charge in [0.05, 0.1) is 23.2 Å². The zero-order valence-electron chi connectivity index (χ0n) is 9.77. The maximum absolute atomic E-state index is 6.01. The van der Waals surface area contributed by atoms with Crippen molar-refractivity contribution in [2.24, 2.45) is 0 Å². The van der Waals surface area contributed by atoms with Crippen LogP contribution in [0.3, 0.4) is 0 Å². The van der Waals surface area contributed by atoms with Crippen LogP contribution in [0.4, 0.5) is 5.00 Å². The molecule has 2 heterocycles. The molecular weight excluding hydrogens is 220 g/mol. The van der Waals surface area contributed by atoms with Crippen LogP contribution in [0, 0.1) is 0 Å².